The molecule has 7 nitrogen and oxygen atoms in total. The van der Waals surface area contributed by atoms with Crippen molar-refractivity contribution in [1.29, 1.82) is 0 Å². The summed E-state index contributed by atoms with van der Waals surface area (Å²) in [6, 6.07) is 13.9. The smallest absolute Gasteiger partial charge is 0.246 e. The number of amides is 1. The molecule has 3 N–H and O–H groups in total. The van der Waals surface area contributed by atoms with Crippen molar-refractivity contribution in [1.82, 2.24) is 15.5 Å². The Morgan fingerprint density at radius 1 is 1.17 bits per heavy atom. The molecular weight excluding hydrogens is 386 g/mol. The van der Waals surface area contributed by atoms with Gasteiger partial charge in [-0.1, -0.05) is 24.3 Å². The molecule has 0 aliphatic carbocycles. The molecule has 0 spiro atoms. The molecule has 0 bridgehead atoms. The van der Waals surface area contributed by atoms with Crippen LogP contribution in [-0.2, 0) is 9.53 Å². The predicted octanol–water partition coefficient (Wildman–Crippen LogP) is 2.32. The molecule has 1 aromatic carbocycles. The third-order valence-corrected chi connectivity index (χ3v) is 5.58. The van der Waals surface area contributed by atoms with Crippen molar-refractivity contribution in [3.8, 4) is 0 Å². The van der Waals surface area contributed by atoms with Crippen LogP contribution >= 0.6 is 11.3 Å². The quantitative estimate of drug-likeness (QED) is 0.456. The number of morpholine rings is 1. The van der Waals surface area contributed by atoms with Gasteiger partial charge in [-0.25, -0.2) is 4.99 Å². The van der Waals surface area contributed by atoms with Crippen LogP contribution in [0.3, 0.4) is 0 Å². The minimum Gasteiger partial charge on any atom is -0.379 e. The molecule has 1 fully saturated rings. The van der Waals surface area contributed by atoms with E-state index >= 15 is 0 Å². The van der Waals surface area contributed by atoms with Crippen molar-refractivity contribution in [2.75, 3.05) is 51.3 Å². The van der Waals surface area contributed by atoms with E-state index in [1.807, 2.05) is 37.3 Å². The Morgan fingerprint density at radius 2 is 1.97 bits per heavy atom. The van der Waals surface area contributed by atoms with Crippen molar-refractivity contribution in [2.24, 2.45) is 4.99 Å². The molecule has 2 heterocycles. The fraction of sp³-hybridized carbons (Fsp3) is 0.429. The topological polar surface area (TPSA) is 78.0 Å². The summed E-state index contributed by atoms with van der Waals surface area (Å²) in [7, 11) is 0. The molecule has 1 aliphatic rings. The standard InChI is InChI=1S/C21H29N5O2S/c1-2-22-21(24-16-20(27)25-17-7-4-3-5-8-17)23-15-18(19-9-6-14-29-19)26-10-12-28-13-11-26/h3-9,14,18H,2,10-13,15-16H2,1H3,(H,25,27)(H2,22,23,24). The molecule has 0 saturated carbocycles. The molecule has 1 unspecified atom stereocenters. The molecule has 29 heavy (non-hydrogen) atoms. The van der Waals surface area contributed by atoms with Gasteiger partial charge in [0.15, 0.2) is 5.96 Å². The lowest BCUT2D eigenvalue weighted by Gasteiger charge is -2.34. The van der Waals surface area contributed by atoms with Gasteiger partial charge >= 0.3 is 0 Å². The minimum absolute atomic E-state index is 0.0610. The molecular formula is C21H29N5O2S. The summed E-state index contributed by atoms with van der Waals surface area (Å²) in [5.41, 5.74) is 0.774. The zero-order chi connectivity index (χ0) is 20.3. The number of carbonyl (C=O) groups is 1. The normalized spacial score (nSPS) is 16.2. The Hall–Kier alpha value is -2.42. The number of aliphatic imine (C=N–C) groups is 1. The van der Waals surface area contributed by atoms with Crippen LogP contribution in [0.15, 0.2) is 52.8 Å². The number of para-hydroxylation sites is 1. The third kappa shape index (κ3) is 6.85. The highest BCUT2D eigenvalue weighted by molar-refractivity contribution is 7.10. The summed E-state index contributed by atoms with van der Waals surface area (Å²) in [5.74, 6) is 0.502. The van der Waals surface area contributed by atoms with Crippen molar-refractivity contribution in [2.45, 2.75) is 13.0 Å². The van der Waals surface area contributed by atoms with Gasteiger partial charge in [-0.2, -0.15) is 0 Å². The first-order valence-corrected chi connectivity index (χ1v) is 10.9. The Labute approximate surface area is 176 Å². The Kier molecular flexibility index (Phi) is 8.48. The highest BCUT2D eigenvalue weighted by Gasteiger charge is 2.23. The number of ether oxygens (including phenoxy) is 1. The van der Waals surface area contributed by atoms with Crippen molar-refractivity contribution >= 4 is 28.9 Å². The fourth-order valence-corrected chi connectivity index (χ4v) is 4.05. The van der Waals surface area contributed by atoms with Gasteiger partial charge in [0, 0.05) is 36.7 Å². The first-order valence-electron chi connectivity index (χ1n) is 9.98. The molecule has 1 amide bonds. The number of nitrogens with zero attached hydrogens (tertiary/aromatic N) is 2. The average molecular weight is 416 g/mol. The summed E-state index contributed by atoms with van der Waals surface area (Å²) in [6.45, 7) is 6.87. The largest absolute Gasteiger partial charge is 0.379 e. The van der Waals surface area contributed by atoms with E-state index in [1.54, 1.807) is 11.3 Å². The van der Waals surface area contributed by atoms with Crippen LogP contribution in [0.25, 0.3) is 0 Å². The number of hydrogen-bond donors (Lipinski definition) is 3. The summed E-state index contributed by atoms with van der Waals surface area (Å²) in [5, 5.41) is 11.6. The number of guanidine groups is 1. The first-order chi connectivity index (χ1) is 14.3. The summed E-state index contributed by atoms with van der Waals surface area (Å²) in [4.78, 5) is 20.4. The second-order valence-electron chi connectivity index (χ2n) is 6.67. The number of hydrogen-bond acceptors (Lipinski definition) is 5. The van der Waals surface area contributed by atoms with Crippen LogP contribution in [0, 0.1) is 0 Å². The first kappa shape index (κ1) is 21.3. The zero-order valence-electron chi connectivity index (χ0n) is 16.8. The van der Waals surface area contributed by atoms with Crippen LogP contribution in [-0.4, -0.2) is 62.7 Å². The molecule has 1 aliphatic heterocycles. The third-order valence-electron chi connectivity index (χ3n) is 4.60. The number of benzene rings is 1. The maximum Gasteiger partial charge on any atom is 0.246 e. The number of rotatable bonds is 8. The van der Waals surface area contributed by atoms with E-state index in [0.29, 0.717) is 12.5 Å². The highest BCUT2D eigenvalue weighted by atomic mass is 32.1. The Bertz CT molecular complexity index is 761. The second kappa shape index (κ2) is 11.5. The SMILES string of the molecule is CCNC(=NCC(=O)Nc1ccccc1)NCC(c1cccs1)N1CCOCC1. The molecule has 8 heteroatoms. The lowest BCUT2D eigenvalue weighted by molar-refractivity contribution is -0.114. The number of nitrogens with one attached hydrogen (secondary N) is 3. The highest BCUT2D eigenvalue weighted by Crippen LogP contribution is 2.25. The van der Waals surface area contributed by atoms with Crippen LogP contribution in [0.1, 0.15) is 17.8 Å². The molecule has 3 rings (SSSR count). The van der Waals surface area contributed by atoms with E-state index in [9.17, 15) is 4.79 Å². The fourth-order valence-electron chi connectivity index (χ4n) is 3.19. The number of anilines is 1. The molecule has 1 aromatic heterocycles. The van der Waals surface area contributed by atoms with E-state index in [4.69, 9.17) is 4.74 Å². The van der Waals surface area contributed by atoms with E-state index in [1.165, 1.54) is 4.88 Å². The van der Waals surface area contributed by atoms with Crippen LogP contribution in [0.5, 0.6) is 0 Å². The average Bonchev–Trinajstić information content (AvgIpc) is 3.28. The van der Waals surface area contributed by atoms with Crippen molar-refractivity contribution in [3.05, 3.63) is 52.7 Å². The van der Waals surface area contributed by atoms with E-state index in [-0.39, 0.29) is 18.5 Å². The van der Waals surface area contributed by atoms with Crippen LogP contribution < -0.4 is 16.0 Å². The summed E-state index contributed by atoms with van der Waals surface area (Å²) in [6.07, 6.45) is 0. The lowest BCUT2D eigenvalue weighted by atomic mass is 10.2. The van der Waals surface area contributed by atoms with Crippen molar-refractivity contribution in [3.63, 3.8) is 0 Å². The van der Waals surface area contributed by atoms with Gasteiger partial charge in [-0.3, -0.25) is 9.69 Å². The monoisotopic (exact) mass is 415 g/mol. The van der Waals surface area contributed by atoms with Gasteiger partial charge in [0.25, 0.3) is 0 Å². The Balaban J connectivity index is 1.58. The van der Waals surface area contributed by atoms with Gasteiger partial charge in [0.2, 0.25) is 5.91 Å². The second-order valence-corrected chi connectivity index (χ2v) is 7.65. The summed E-state index contributed by atoms with van der Waals surface area (Å²) >= 11 is 1.76. The molecule has 156 valence electrons. The molecule has 1 atom stereocenters. The summed E-state index contributed by atoms with van der Waals surface area (Å²) < 4.78 is 5.51. The van der Waals surface area contributed by atoms with Gasteiger partial charge in [-0.05, 0) is 30.5 Å². The number of thiophene rings is 1. The minimum atomic E-state index is -0.142. The van der Waals surface area contributed by atoms with Crippen molar-refractivity contribution < 1.29 is 9.53 Å². The zero-order valence-corrected chi connectivity index (χ0v) is 17.6. The predicted molar refractivity (Wildman–Crippen MR) is 119 cm³/mol. The molecule has 0 radical (unpaired) electrons. The van der Waals surface area contributed by atoms with Crippen LogP contribution in [0.2, 0.25) is 0 Å². The maximum absolute atomic E-state index is 12.2. The molecule has 1 saturated heterocycles. The van der Waals surface area contributed by atoms with E-state index in [0.717, 1.165) is 38.5 Å². The number of carbonyl (C=O) groups excluding carboxylic acids is 1. The van der Waals surface area contributed by atoms with E-state index < -0.39 is 0 Å². The van der Waals surface area contributed by atoms with E-state index in [2.05, 4.69) is 43.4 Å². The lowest BCUT2D eigenvalue weighted by Crippen LogP contribution is -2.46. The maximum atomic E-state index is 12.2. The van der Waals surface area contributed by atoms with Gasteiger partial charge in [0.1, 0.15) is 6.54 Å². The van der Waals surface area contributed by atoms with Gasteiger partial charge < -0.3 is 20.7 Å². The van der Waals surface area contributed by atoms with Gasteiger partial charge in [-0.15, -0.1) is 11.3 Å². The van der Waals surface area contributed by atoms with Crippen LogP contribution in [0.4, 0.5) is 5.69 Å². The molecule has 2 aromatic rings. The Morgan fingerprint density at radius 3 is 2.66 bits per heavy atom. The van der Waals surface area contributed by atoms with Gasteiger partial charge in [0.05, 0.1) is 19.3 Å².